The Labute approximate surface area is 74.7 Å². The van der Waals surface area contributed by atoms with Gasteiger partial charge in [-0.3, -0.25) is 9.59 Å². The van der Waals surface area contributed by atoms with E-state index in [1.807, 2.05) is 0 Å². The van der Waals surface area contributed by atoms with Crippen LogP contribution in [0.5, 0.6) is 0 Å². The van der Waals surface area contributed by atoms with Gasteiger partial charge in [0.1, 0.15) is 0 Å². The predicted molar refractivity (Wildman–Crippen MR) is 45.4 cm³/mol. The van der Waals surface area contributed by atoms with E-state index in [0.29, 0.717) is 5.70 Å². The highest BCUT2D eigenvalue weighted by Crippen LogP contribution is 2.12. The van der Waals surface area contributed by atoms with Gasteiger partial charge in [-0.15, -0.1) is 4.91 Å². The summed E-state index contributed by atoms with van der Waals surface area (Å²) in [6, 6.07) is 0. The molecule has 1 aliphatic rings. The van der Waals surface area contributed by atoms with Crippen molar-refractivity contribution >= 4 is 11.8 Å². The van der Waals surface area contributed by atoms with Gasteiger partial charge < -0.3 is 4.90 Å². The molecule has 1 aliphatic heterocycles. The third kappa shape index (κ3) is 2.08. The van der Waals surface area contributed by atoms with Gasteiger partial charge in [0.2, 0.25) is 0 Å². The molecule has 0 aliphatic carbocycles. The minimum Gasteiger partial charge on any atom is -0.309 e. The summed E-state index contributed by atoms with van der Waals surface area (Å²) in [6.07, 6.45) is 2.86. The van der Waals surface area contributed by atoms with Gasteiger partial charge in [0.15, 0.2) is 0 Å². The number of nitrogens with zero attached hydrogens (tertiary/aromatic N) is 2. The van der Waals surface area contributed by atoms with Crippen LogP contribution in [0.25, 0.3) is 0 Å². The predicted octanol–water partition coefficient (Wildman–Crippen LogP) is 0.582. The zero-order valence-corrected chi connectivity index (χ0v) is 6.90. The van der Waals surface area contributed by atoms with Crippen molar-refractivity contribution in [3.8, 4) is 0 Å². The van der Waals surface area contributed by atoms with Crippen molar-refractivity contribution in [2.24, 2.45) is 5.18 Å². The molecule has 5 nitrogen and oxygen atoms in total. The smallest absolute Gasteiger partial charge is 0.288 e. The second-order valence-electron chi connectivity index (χ2n) is 2.55. The fourth-order valence-electron chi connectivity index (χ4n) is 0.996. The minimum atomic E-state index is -0.757. The van der Waals surface area contributed by atoms with Crippen molar-refractivity contribution in [1.82, 2.24) is 4.90 Å². The van der Waals surface area contributed by atoms with Gasteiger partial charge in [0.05, 0.1) is 6.42 Å². The Kier molecular flexibility index (Phi) is 2.69. The lowest BCUT2D eigenvalue weighted by Crippen LogP contribution is -2.25. The first-order chi connectivity index (χ1) is 6.15. The molecule has 5 heteroatoms. The van der Waals surface area contributed by atoms with Crippen LogP contribution >= 0.6 is 0 Å². The molecule has 1 rings (SSSR count). The van der Waals surface area contributed by atoms with E-state index in [4.69, 9.17) is 0 Å². The number of carbonyl (C=O) groups excluding carboxylic acids is 2. The van der Waals surface area contributed by atoms with Gasteiger partial charge in [-0.25, -0.2) is 0 Å². The van der Waals surface area contributed by atoms with E-state index in [2.05, 4.69) is 11.8 Å². The average Bonchev–Trinajstić information content (AvgIpc) is 2.43. The van der Waals surface area contributed by atoms with Gasteiger partial charge in [-0.1, -0.05) is 6.58 Å². The van der Waals surface area contributed by atoms with Gasteiger partial charge in [0, 0.05) is 23.5 Å². The van der Waals surface area contributed by atoms with E-state index in [0.717, 1.165) is 0 Å². The highest BCUT2D eigenvalue weighted by atomic mass is 16.3. The second kappa shape index (κ2) is 3.75. The molecule has 0 aromatic rings. The number of hydrogen-bond acceptors (Lipinski definition) is 3. The molecule has 0 fully saturated rings. The van der Waals surface area contributed by atoms with Gasteiger partial charge >= 0.3 is 0 Å². The number of allylic oxidation sites excluding steroid dienone is 1. The number of carbonyl (C=O) groups is 2. The number of amides is 2. The molecule has 0 bridgehead atoms. The molecule has 0 saturated heterocycles. The molecule has 0 spiro atoms. The average molecular weight is 180 g/mol. The van der Waals surface area contributed by atoms with Crippen molar-refractivity contribution in [2.45, 2.75) is 6.42 Å². The zero-order chi connectivity index (χ0) is 9.84. The van der Waals surface area contributed by atoms with Gasteiger partial charge in [0.25, 0.3) is 11.8 Å². The summed E-state index contributed by atoms with van der Waals surface area (Å²) >= 11 is 0. The van der Waals surface area contributed by atoms with Gasteiger partial charge in [-0.2, -0.15) is 0 Å². The lowest BCUT2D eigenvalue weighted by atomic mass is 10.3. The molecule has 2 amide bonds. The summed E-state index contributed by atoms with van der Waals surface area (Å²) in [4.78, 5) is 32.6. The third-order valence-electron chi connectivity index (χ3n) is 1.68. The first-order valence-electron chi connectivity index (χ1n) is 3.70. The molecule has 68 valence electrons. The maximum absolute atomic E-state index is 11.0. The van der Waals surface area contributed by atoms with E-state index >= 15 is 0 Å². The molecule has 0 atom stereocenters. The number of rotatable bonds is 3. The second-order valence-corrected chi connectivity index (χ2v) is 2.55. The van der Waals surface area contributed by atoms with Crippen LogP contribution in [0.1, 0.15) is 6.42 Å². The van der Waals surface area contributed by atoms with Crippen molar-refractivity contribution in [2.75, 3.05) is 6.54 Å². The summed E-state index contributed by atoms with van der Waals surface area (Å²) in [6.45, 7) is 3.75. The quantitative estimate of drug-likeness (QED) is 0.596. The Morgan fingerprint density at radius 3 is 2.69 bits per heavy atom. The van der Waals surface area contributed by atoms with Crippen molar-refractivity contribution in [3.05, 3.63) is 29.3 Å². The largest absolute Gasteiger partial charge is 0.309 e. The van der Waals surface area contributed by atoms with Crippen LogP contribution < -0.4 is 0 Å². The molecule has 13 heavy (non-hydrogen) atoms. The van der Waals surface area contributed by atoms with Crippen molar-refractivity contribution in [3.63, 3.8) is 0 Å². The van der Waals surface area contributed by atoms with E-state index in [1.54, 1.807) is 6.08 Å². The Balaban J connectivity index is 2.46. The van der Waals surface area contributed by atoms with E-state index in [-0.39, 0.29) is 18.9 Å². The van der Waals surface area contributed by atoms with Crippen LogP contribution in [0.3, 0.4) is 0 Å². The lowest BCUT2D eigenvalue weighted by Gasteiger charge is -2.15. The summed E-state index contributed by atoms with van der Waals surface area (Å²) in [7, 11) is 0. The number of nitroso groups, excluding NO2 is 1. The topological polar surface area (TPSA) is 66.8 Å². The molecule has 0 N–H and O–H groups in total. The summed E-state index contributed by atoms with van der Waals surface area (Å²) in [5.41, 5.74) is 0.531. The van der Waals surface area contributed by atoms with Crippen LogP contribution in [0.15, 0.2) is 29.6 Å². The Bertz CT molecular complexity index is 289. The normalized spacial score (nSPS) is 15.2. The van der Waals surface area contributed by atoms with Crippen molar-refractivity contribution in [1.29, 1.82) is 0 Å². The Hall–Kier alpha value is -1.78. The molecular formula is C8H8N2O3. The summed E-state index contributed by atoms with van der Waals surface area (Å²) in [5.74, 6) is -0.976. The fraction of sp³-hybridized carbons (Fsp3) is 0.250. The Morgan fingerprint density at radius 2 is 2.23 bits per heavy atom. The van der Waals surface area contributed by atoms with Crippen LogP contribution in [-0.2, 0) is 9.59 Å². The standard InChI is InChI=1S/C8H8N2O3/c1-6-2-3-8(12)10(6)5-4-7(11)9-13/h2-3H,1,4-5H2. The first kappa shape index (κ1) is 9.31. The maximum atomic E-state index is 11.0. The maximum Gasteiger partial charge on any atom is 0.288 e. The Morgan fingerprint density at radius 1 is 1.54 bits per heavy atom. The molecule has 0 aromatic heterocycles. The van der Waals surface area contributed by atoms with E-state index < -0.39 is 5.91 Å². The van der Waals surface area contributed by atoms with Gasteiger partial charge in [-0.05, 0) is 6.08 Å². The lowest BCUT2D eigenvalue weighted by molar-refractivity contribution is -0.124. The van der Waals surface area contributed by atoms with E-state index in [1.165, 1.54) is 11.0 Å². The highest BCUT2D eigenvalue weighted by molar-refractivity contribution is 5.93. The summed E-state index contributed by atoms with van der Waals surface area (Å²) in [5, 5.41) is 2.22. The van der Waals surface area contributed by atoms with Crippen molar-refractivity contribution < 1.29 is 9.59 Å². The first-order valence-corrected chi connectivity index (χ1v) is 3.70. The molecule has 0 aromatic carbocycles. The summed E-state index contributed by atoms with van der Waals surface area (Å²) < 4.78 is 0. The van der Waals surface area contributed by atoms with Crippen LogP contribution in [-0.4, -0.2) is 23.3 Å². The SMILES string of the molecule is C=C1C=CC(=O)N1CCC(=O)N=O. The van der Waals surface area contributed by atoms with E-state index in [9.17, 15) is 14.5 Å². The fourth-order valence-corrected chi connectivity index (χ4v) is 0.996. The zero-order valence-electron chi connectivity index (χ0n) is 6.90. The van der Waals surface area contributed by atoms with Crippen LogP contribution in [0, 0.1) is 4.91 Å². The molecule has 0 saturated carbocycles. The highest BCUT2D eigenvalue weighted by Gasteiger charge is 2.19. The van der Waals surface area contributed by atoms with Crippen LogP contribution in [0.4, 0.5) is 0 Å². The molecule has 1 heterocycles. The number of hydrogen-bond donors (Lipinski definition) is 0. The monoisotopic (exact) mass is 180 g/mol. The third-order valence-corrected chi connectivity index (χ3v) is 1.68. The molecule has 0 radical (unpaired) electrons. The minimum absolute atomic E-state index is 0.0596. The molecule has 0 unspecified atom stereocenters. The van der Waals surface area contributed by atoms with Crippen LogP contribution in [0.2, 0.25) is 0 Å². The molecular weight excluding hydrogens is 172 g/mol.